The average molecular weight is 518 g/mol. The van der Waals surface area contributed by atoms with E-state index >= 15 is 0 Å². The lowest BCUT2D eigenvalue weighted by atomic mass is 10.1. The molecule has 0 aromatic heterocycles. The quantitative estimate of drug-likeness (QED) is 0.338. The van der Waals surface area contributed by atoms with E-state index in [0.29, 0.717) is 22.6 Å². The molecule has 8 nitrogen and oxygen atoms in total. The summed E-state index contributed by atoms with van der Waals surface area (Å²) in [4.78, 5) is 38.8. The van der Waals surface area contributed by atoms with Crippen LogP contribution in [0.2, 0.25) is 25.7 Å². The molecule has 0 radical (unpaired) electrons. The van der Waals surface area contributed by atoms with Gasteiger partial charge >= 0.3 is 5.97 Å². The third kappa shape index (κ3) is 6.84. The number of methoxy groups -OCH3 is 1. The Bertz CT molecular complexity index is 1190. The zero-order chi connectivity index (χ0) is 27.4. The Morgan fingerprint density at radius 3 is 2.64 bits per heavy atom. The maximum Gasteiger partial charge on any atom is 0.305 e. The van der Waals surface area contributed by atoms with Crippen LogP contribution < -0.4 is 15.2 Å². The monoisotopic (exact) mass is 517 g/mol. The lowest BCUT2D eigenvalue weighted by molar-refractivity contribution is -0.143. The molecular formula is C26H33FN2O6Si. The van der Waals surface area contributed by atoms with Gasteiger partial charge in [-0.05, 0) is 36.7 Å². The summed E-state index contributed by atoms with van der Waals surface area (Å²) in [5.74, 6) is -1.98. The van der Waals surface area contributed by atoms with E-state index in [-0.39, 0.29) is 38.2 Å². The predicted molar refractivity (Wildman–Crippen MR) is 135 cm³/mol. The highest BCUT2D eigenvalue weighted by Gasteiger charge is 2.37. The van der Waals surface area contributed by atoms with Crippen LogP contribution in [0.4, 0.5) is 4.39 Å². The summed E-state index contributed by atoms with van der Waals surface area (Å²) in [5, 5.41) is 0. The number of benzene rings is 2. The number of nitrogens with two attached hydrogens (primary N) is 1. The predicted octanol–water partition coefficient (Wildman–Crippen LogP) is 3.88. The first-order chi connectivity index (χ1) is 17.4. The van der Waals surface area contributed by atoms with Gasteiger partial charge in [0.25, 0.3) is 5.91 Å². The molecule has 2 aromatic rings. The van der Waals surface area contributed by atoms with Crippen LogP contribution in [0.25, 0.3) is 0 Å². The van der Waals surface area contributed by atoms with Crippen LogP contribution in [0.15, 0.2) is 36.4 Å². The minimum absolute atomic E-state index is 0.106. The number of hydrogen-bond acceptors (Lipinski definition) is 6. The van der Waals surface area contributed by atoms with Crippen molar-refractivity contribution in [3.8, 4) is 11.5 Å². The molecule has 0 aliphatic carbocycles. The van der Waals surface area contributed by atoms with Crippen molar-refractivity contribution < 1.29 is 34.4 Å². The van der Waals surface area contributed by atoms with Crippen molar-refractivity contribution in [1.82, 2.24) is 4.90 Å². The number of carbonyl (C=O) groups excluding carboxylic acids is 3. The molecular weight excluding hydrogens is 483 g/mol. The average Bonchev–Trinajstić information content (AvgIpc) is 3.18. The Labute approximate surface area is 212 Å². The molecule has 3 rings (SSSR count). The molecule has 2 N–H and O–H groups in total. The second kappa shape index (κ2) is 11.6. The summed E-state index contributed by atoms with van der Waals surface area (Å²) in [6.45, 7) is 6.53. The minimum atomic E-state index is -2.16. The fourth-order valence-electron chi connectivity index (χ4n) is 3.74. The van der Waals surface area contributed by atoms with E-state index < -0.39 is 37.7 Å². The van der Waals surface area contributed by atoms with Crippen LogP contribution in [0.3, 0.4) is 0 Å². The molecule has 0 spiro atoms. The summed E-state index contributed by atoms with van der Waals surface area (Å²) < 4.78 is 39.2. The molecule has 1 atom stereocenters. The summed E-state index contributed by atoms with van der Waals surface area (Å²) in [7, 11) is 0.0519. The van der Waals surface area contributed by atoms with Gasteiger partial charge in [-0.25, -0.2) is 4.39 Å². The number of fused-ring (bicyclic) bond motifs is 1. The number of primary amides is 1. The van der Waals surface area contributed by atoms with E-state index in [9.17, 15) is 18.8 Å². The van der Waals surface area contributed by atoms with Crippen molar-refractivity contribution in [2.75, 3.05) is 13.7 Å². The van der Waals surface area contributed by atoms with E-state index in [1.165, 1.54) is 13.2 Å². The molecule has 0 fully saturated rings. The zero-order valence-electron chi connectivity index (χ0n) is 22.1. The summed E-state index contributed by atoms with van der Waals surface area (Å²) >= 11 is 0. The number of amides is 2. The van der Waals surface area contributed by atoms with Gasteiger partial charge in [0.05, 0.1) is 21.6 Å². The van der Waals surface area contributed by atoms with Gasteiger partial charge in [-0.1, -0.05) is 25.7 Å². The summed E-state index contributed by atoms with van der Waals surface area (Å²) in [6, 6.07) is 7.83. The van der Waals surface area contributed by atoms with Gasteiger partial charge in [-0.15, -0.1) is 0 Å². The SMILES string of the molecule is [2H]C(CCC(=O)OCC[Si](C)(C)C)(C(N)=O)N1Cc2c(OCc3ccc(OC)cc3F)cccc2C1=O. The molecule has 1 heterocycles. The van der Waals surface area contributed by atoms with Gasteiger partial charge in [0.15, 0.2) is 0 Å². The first kappa shape index (κ1) is 25.7. The van der Waals surface area contributed by atoms with Gasteiger partial charge in [0, 0.05) is 37.3 Å². The van der Waals surface area contributed by atoms with Gasteiger partial charge in [-0.3, -0.25) is 14.4 Å². The van der Waals surface area contributed by atoms with Gasteiger partial charge < -0.3 is 24.8 Å². The number of nitrogens with zero attached hydrogens (tertiary/aromatic N) is 1. The second-order valence-electron chi connectivity index (χ2n) is 9.76. The van der Waals surface area contributed by atoms with Gasteiger partial charge in [0.2, 0.25) is 5.91 Å². The minimum Gasteiger partial charge on any atom is -0.497 e. The van der Waals surface area contributed by atoms with Crippen LogP contribution in [0.5, 0.6) is 11.5 Å². The Hall–Kier alpha value is -3.40. The number of esters is 1. The van der Waals surface area contributed by atoms with Crippen molar-refractivity contribution in [2.45, 2.75) is 57.7 Å². The number of ether oxygens (including phenoxy) is 3. The second-order valence-corrected chi connectivity index (χ2v) is 15.4. The fraction of sp³-hybridized carbons (Fsp3) is 0.423. The Balaban J connectivity index is 1.72. The van der Waals surface area contributed by atoms with Crippen molar-refractivity contribution in [3.63, 3.8) is 0 Å². The molecule has 0 saturated heterocycles. The molecule has 2 aromatic carbocycles. The van der Waals surface area contributed by atoms with Crippen molar-refractivity contribution in [1.29, 1.82) is 0 Å². The zero-order valence-corrected chi connectivity index (χ0v) is 22.1. The molecule has 10 heteroatoms. The van der Waals surface area contributed by atoms with Crippen LogP contribution in [0.1, 0.15) is 35.7 Å². The van der Waals surface area contributed by atoms with E-state index in [1.807, 2.05) is 0 Å². The third-order valence-corrected chi connectivity index (χ3v) is 7.56. The van der Waals surface area contributed by atoms with Crippen molar-refractivity contribution >= 4 is 25.9 Å². The molecule has 194 valence electrons. The van der Waals surface area contributed by atoms with E-state index in [4.69, 9.17) is 21.3 Å². The van der Waals surface area contributed by atoms with Gasteiger partial charge in [-0.2, -0.15) is 0 Å². The number of halogens is 1. The Kier molecular flexibility index (Phi) is 8.24. The topological polar surface area (TPSA) is 108 Å². The lowest BCUT2D eigenvalue weighted by Crippen LogP contribution is -2.45. The first-order valence-corrected chi connectivity index (χ1v) is 15.4. The highest BCUT2D eigenvalue weighted by atomic mass is 28.3. The smallest absolute Gasteiger partial charge is 0.305 e. The third-order valence-electron chi connectivity index (χ3n) is 5.86. The van der Waals surface area contributed by atoms with E-state index in [0.717, 1.165) is 10.9 Å². The van der Waals surface area contributed by atoms with E-state index in [1.54, 1.807) is 30.3 Å². The Morgan fingerprint density at radius 2 is 2.00 bits per heavy atom. The lowest BCUT2D eigenvalue weighted by Gasteiger charge is -2.25. The number of carbonyl (C=O) groups is 3. The molecule has 1 aliphatic heterocycles. The normalized spacial score (nSPS) is 15.1. The molecule has 1 unspecified atom stereocenters. The Morgan fingerprint density at radius 1 is 1.25 bits per heavy atom. The molecule has 36 heavy (non-hydrogen) atoms. The highest BCUT2D eigenvalue weighted by Crippen LogP contribution is 2.33. The molecule has 1 aliphatic rings. The number of rotatable bonds is 12. The molecule has 0 saturated carbocycles. The fourth-order valence-corrected chi connectivity index (χ4v) is 4.45. The van der Waals surface area contributed by atoms with Crippen molar-refractivity contribution in [3.05, 3.63) is 58.9 Å². The van der Waals surface area contributed by atoms with Crippen molar-refractivity contribution in [2.24, 2.45) is 5.73 Å². The van der Waals surface area contributed by atoms with Crippen LogP contribution in [-0.2, 0) is 27.5 Å². The number of hydrogen-bond donors (Lipinski definition) is 1. The van der Waals surface area contributed by atoms with E-state index in [2.05, 4.69) is 19.6 Å². The largest absolute Gasteiger partial charge is 0.497 e. The van der Waals surface area contributed by atoms with Gasteiger partial charge in [0.1, 0.15) is 29.9 Å². The molecule has 0 bridgehead atoms. The summed E-state index contributed by atoms with van der Waals surface area (Å²) in [5.41, 5.74) is 6.55. The summed E-state index contributed by atoms with van der Waals surface area (Å²) in [6.07, 6.45) is -0.542. The van der Waals surface area contributed by atoms with Crippen LogP contribution >= 0.6 is 0 Å². The van der Waals surface area contributed by atoms with Crippen LogP contribution in [-0.4, -0.2) is 50.5 Å². The van der Waals surface area contributed by atoms with Crippen LogP contribution in [0, 0.1) is 5.82 Å². The first-order valence-electron chi connectivity index (χ1n) is 12.2. The molecule has 2 amide bonds. The standard InChI is InChI=1S/C26H33FN2O6Si/c1-33-18-9-8-17(21(27)14-18)16-35-23-7-5-6-19-20(23)15-29(26(19)32)22(25(28)31)10-11-24(30)34-12-13-36(2,3)4/h5-9,14,22H,10-13,15-16H2,1-4H3,(H2,28,31)/i22D. The maximum atomic E-state index is 14.3. The highest BCUT2D eigenvalue weighted by molar-refractivity contribution is 6.76. The maximum absolute atomic E-state index is 14.3.